The molecule has 4 aliphatic carbocycles. The number of hydrogen-bond acceptors (Lipinski definition) is 2. The van der Waals surface area contributed by atoms with Gasteiger partial charge < -0.3 is 4.74 Å². The van der Waals surface area contributed by atoms with Gasteiger partial charge in [-0.15, -0.1) is 12.3 Å². The number of fused-ring (bicyclic) bond motifs is 5. The number of hydrogen-bond donors (Lipinski definition) is 0. The summed E-state index contributed by atoms with van der Waals surface area (Å²) in [4.78, 5) is 12.1. The molecule has 0 amide bonds. The molecule has 8 atom stereocenters. The molecule has 0 radical (unpaired) electrons. The second-order valence-corrected chi connectivity index (χ2v) is 13.3. The monoisotopic (exact) mass is 466 g/mol. The number of esters is 1. The summed E-state index contributed by atoms with van der Waals surface area (Å²) in [6.07, 6.45) is 23.1. The molecule has 0 spiro atoms. The van der Waals surface area contributed by atoms with Gasteiger partial charge in [0, 0.05) is 12.8 Å². The van der Waals surface area contributed by atoms with Gasteiger partial charge >= 0.3 is 5.97 Å². The van der Waals surface area contributed by atoms with Crippen molar-refractivity contribution in [2.45, 2.75) is 124 Å². The third-order valence-corrected chi connectivity index (χ3v) is 11.0. The van der Waals surface area contributed by atoms with Crippen molar-refractivity contribution in [3.05, 3.63) is 11.6 Å². The van der Waals surface area contributed by atoms with Gasteiger partial charge in [-0.05, 0) is 91.3 Å². The van der Waals surface area contributed by atoms with Crippen LogP contribution in [0.5, 0.6) is 0 Å². The molecule has 0 bridgehead atoms. The lowest BCUT2D eigenvalue weighted by Crippen LogP contribution is -2.51. The molecular formula is C32H50O2. The van der Waals surface area contributed by atoms with E-state index in [9.17, 15) is 4.79 Å². The zero-order valence-corrected chi connectivity index (χ0v) is 22.7. The zero-order valence-electron chi connectivity index (χ0n) is 22.7. The lowest BCUT2D eigenvalue weighted by molar-refractivity contribution is -0.151. The van der Waals surface area contributed by atoms with Gasteiger partial charge in [0.2, 0.25) is 0 Å². The van der Waals surface area contributed by atoms with Crippen molar-refractivity contribution >= 4 is 5.97 Å². The van der Waals surface area contributed by atoms with Crippen LogP contribution < -0.4 is 0 Å². The SMILES string of the molecule is C#CCCC(=O)O[C@H]1CC[C@@]2(C)C(=CC[C@H]3[C@@H]4CC[C@H]([C@H](C)CCCC(C)C)[C@@]4(C)CC[C@@H]32)C1. The van der Waals surface area contributed by atoms with Crippen molar-refractivity contribution in [2.24, 2.45) is 46.3 Å². The van der Waals surface area contributed by atoms with Gasteiger partial charge in [-0.1, -0.05) is 65.5 Å². The first-order chi connectivity index (χ1) is 16.2. The number of rotatable bonds is 8. The fraction of sp³-hybridized carbons (Fsp3) is 0.844. The molecule has 190 valence electrons. The quantitative estimate of drug-likeness (QED) is 0.204. The summed E-state index contributed by atoms with van der Waals surface area (Å²) in [5.41, 5.74) is 2.45. The Labute approximate surface area is 210 Å². The molecule has 0 heterocycles. The molecule has 0 aromatic heterocycles. The van der Waals surface area contributed by atoms with Crippen molar-refractivity contribution < 1.29 is 9.53 Å². The van der Waals surface area contributed by atoms with Crippen LogP contribution >= 0.6 is 0 Å². The lowest BCUT2D eigenvalue weighted by atomic mass is 9.47. The minimum absolute atomic E-state index is 0.0533. The molecule has 2 heteroatoms. The molecule has 3 fully saturated rings. The molecule has 0 aliphatic heterocycles. The second-order valence-electron chi connectivity index (χ2n) is 13.3. The van der Waals surface area contributed by atoms with E-state index in [1.54, 1.807) is 5.57 Å². The zero-order chi connectivity index (χ0) is 24.5. The van der Waals surface area contributed by atoms with Gasteiger partial charge in [-0.25, -0.2) is 0 Å². The number of ether oxygens (including phenoxy) is 1. The highest BCUT2D eigenvalue weighted by atomic mass is 16.5. The maximum absolute atomic E-state index is 12.1. The Hall–Kier alpha value is -1.23. The first-order valence-electron chi connectivity index (χ1n) is 14.5. The van der Waals surface area contributed by atoms with Gasteiger partial charge in [0.05, 0.1) is 6.42 Å². The van der Waals surface area contributed by atoms with Crippen molar-refractivity contribution in [3.63, 3.8) is 0 Å². The second kappa shape index (κ2) is 10.4. The molecule has 0 aromatic carbocycles. The molecule has 0 N–H and O–H groups in total. The Balaban J connectivity index is 1.42. The van der Waals surface area contributed by atoms with Crippen LogP contribution in [0, 0.1) is 58.7 Å². The van der Waals surface area contributed by atoms with Crippen molar-refractivity contribution in [1.29, 1.82) is 0 Å². The molecular weight excluding hydrogens is 416 g/mol. The van der Waals surface area contributed by atoms with Crippen LogP contribution in [-0.2, 0) is 9.53 Å². The molecule has 4 aliphatic rings. The van der Waals surface area contributed by atoms with Crippen molar-refractivity contribution in [2.75, 3.05) is 0 Å². The Bertz CT molecular complexity index is 802. The summed E-state index contributed by atoms with van der Waals surface area (Å²) in [5, 5.41) is 0. The molecule has 3 saturated carbocycles. The highest BCUT2D eigenvalue weighted by molar-refractivity contribution is 5.69. The van der Waals surface area contributed by atoms with Crippen LogP contribution in [0.2, 0.25) is 0 Å². The van der Waals surface area contributed by atoms with E-state index in [2.05, 4.69) is 46.6 Å². The average Bonchev–Trinajstić information content (AvgIpc) is 3.15. The van der Waals surface area contributed by atoms with E-state index < -0.39 is 0 Å². The fourth-order valence-corrected chi connectivity index (χ4v) is 9.17. The third kappa shape index (κ3) is 4.88. The molecule has 4 rings (SSSR count). The van der Waals surface area contributed by atoms with E-state index in [0.717, 1.165) is 48.3 Å². The van der Waals surface area contributed by atoms with Gasteiger partial charge in [-0.2, -0.15) is 0 Å². The Kier molecular flexibility index (Phi) is 7.91. The predicted octanol–water partition coefficient (Wildman–Crippen LogP) is 8.35. The van der Waals surface area contributed by atoms with E-state index >= 15 is 0 Å². The molecule has 0 aromatic rings. The third-order valence-electron chi connectivity index (χ3n) is 11.0. The van der Waals surface area contributed by atoms with Crippen LogP contribution in [0.1, 0.15) is 118 Å². The number of carbonyl (C=O) groups excluding carboxylic acids is 1. The molecule has 0 saturated heterocycles. The Morgan fingerprint density at radius 1 is 1.12 bits per heavy atom. The lowest BCUT2D eigenvalue weighted by Gasteiger charge is -2.58. The summed E-state index contributed by atoms with van der Waals surface area (Å²) in [6, 6.07) is 0. The van der Waals surface area contributed by atoms with Crippen LogP contribution in [-0.4, -0.2) is 12.1 Å². The van der Waals surface area contributed by atoms with Crippen molar-refractivity contribution in [1.82, 2.24) is 0 Å². The Morgan fingerprint density at radius 2 is 1.91 bits per heavy atom. The number of carbonyl (C=O) groups is 1. The molecule has 2 nitrogen and oxygen atoms in total. The van der Waals surface area contributed by atoms with Crippen LogP contribution in [0.3, 0.4) is 0 Å². The number of allylic oxidation sites excluding steroid dienone is 1. The smallest absolute Gasteiger partial charge is 0.307 e. The summed E-state index contributed by atoms with van der Waals surface area (Å²) in [7, 11) is 0. The largest absolute Gasteiger partial charge is 0.462 e. The first kappa shape index (κ1) is 25.9. The summed E-state index contributed by atoms with van der Waals surface area (Å²) in [5.74, 6) is 7.63. The van der Waals surface area contributed by atoms with E-state index in [1.165, 1.54) is 57.8 Å². The number of terminal acetylenes is 1. The molecule has 34 heavy (non-hydrogen) atoms. The summed E-state index contributed by atoms with van der Waals surface area (Å²) in [6.45, 7) is 12.5. The fourth-order valence-electron chi connectivity index (χ4n) is 9.17. The normalized spacial score (nSPS) is 39.9. The van der Waals surface area contributed by atoms with E-state index in [4.69, 9.17) is 11.2 Å². The van der Waals surface area contributed by atoms with E-state index in [1.807, 2.05) is 0 Å². The maximum atomic E-state index is 12.1. The predicted molar refractivity (Wildman–Crippen MR) is 141 cm³/mol. The van der Waals surface area contributed by atoms with Gasteiger partial charge in [0.15, 0.2) is 0 Å². The summed E-state index contributed by atoms with van der Waals surface area (Å²) < 4.78 is 5.82. The molecule has 0 unspecified atom stereocenters. The highest BCUT2D eigenvalue weighted by Gasteiger charge is 2.59. The average molecular weight is 467 g/mol. The van der Waals surface area contributed by atoms with Gasteiger partial charge in [-0.3, -0.25) is 4.79 Å². The van der Waals surface area contributed by atoms with Crippen molar-refractivity contribution in [3.8, 4) is 12.3 Å². The standard InChI is InChI=1S/C32H50O2/c1-7-8-12-30(33)34-25-17-19-31(5)24(21-25)13-14-26-28-16-15-27(23(4)11-9-10-22(2)3)32(28,6)20-18-29(26)31/h1,13,22-23,25-29H,8-12,14-21H2,2-6H3/t23-,25+,26+,27-,28+,29+,31+,32-/m1/s1. The van der Waals surface area contributed by atoms with Crippen LogP contribution in [0.4, 0.5) is 0 Å². The van der Waals surface area contributed by atoms with Crippen LogP contribution in [0.15, 0.2) is 11.6 Å². The highest BCUT2D eigenvalue weighted by Crippen LogP contribution is 2.67. The van der Waals surface area contributed by atoms with Crippen LogP contribution in [0.25, 0.3) is 0 Å². The Morgan fingerprint density at radius 3 is 2.65 bits per heavy atom. The maximum Gasteiger partial charge on any atom is 0.307 e. The topological polar surface area (TPSA) is 26.3 Å². The van der Waals surface area contributed by atoms with Gasteiger partial charge in [0.25, 0.3) is 0 Å². The minimum atomic E-state index is -0.117. The van der Waals surface area contributed by atoms with E-state index in [0.29, 0.717) is 23.7 Å². The van der Waals surface area contributed by atoms with E-state index in [-0.39, 0.29) is 12.1 Å². The summed E-state index contributed by atoms with van der Waals surface area (Å²) >= 11 is 0. The minimum Gasteiger partial charge on any atom is -0.462 e. The van der Waals surface area contributed by atoms with Gasteiger partial charge in [0.1, 0.15) is 6.10 Å². The first-order valence-corrected chi connectivity index (χ1v) is 14.5.